The van der Waals surface area contributed by atoms with Gasteiger partial charge in [-0.25, -0.2) is 14.8 Å². The Labute approximate surface area is 161 Å². The van der Waals surface area contributed by atoms with E-state index in [1.54, 1.807) is 13.1 Å². The summed E-state index contributed by atoms with van der Waals surface area (Å²) in [6.07, 6.45) is 0.593. The molecule has 8 heteroatoms. The van der Waals surface area contributed by atoms with Crippen molar-refractivity contribution in [1.29, 1.82) is 0 Å². The van der Waals surface area contributed by atoms with Crippen LogP contribution >= 0.6 is 0 Å². The molecule has 0 fully saturated rings. The Hall–Kier alpha value is -2.37. The Morgan fingerprint density at radius 2 is 1.89 bits per heavy atom. The fourth-order valence-electron chi connectivity index (χ4n) is 1.93. The van der Waals surface area contributed by atoms with Crippen LogP contribution < -0.4 is 10.6 Å². The highest BCUT2D eigenvalue weighted by atomic mass is 16.7. The number of rotatable bonds is 8. The van der Waals surface area contributed by atoms with Gasteiger partial charge in [0.15, 0.2) is 0 Å². The van der Waals surface area contributed by atoms with Crippen LogP contribution in [0.5, 0.6) is 0 Å². The van der Waals surface area contributed by atoms with Crippen LogP contribution in [0, 0.1) is 18.8 Å². The summed E-state index contributed by atoms with van der Waals surface area (Å²) in [5.41, 5.74) is 0.101. The summed E-state index contributed by atoms with van der Waals surface area (Å²) >= 11 is 0. The zero-order valence-electron chi connectivity index (χ0n) is 17.0. The quantitative estimate of drug-likeness (QED) is 0.408. The molecule has 0 aliphatic heterocycles. The second-order valence-corrected chi connectivity index (χ2v) is 6.55. The standard InChI is InChI=1S/C19H30N4O4/c1-7-25-16(26-8-2)10-9-15-13-22-14(3)23-17(15)20-11-12-21-18(24)27-19(4,5)6/h13,16H,7-8,11-12H2,1-6H3,(H,21,24)(H,20,22,23). The maximum absolute atomic E-state index is 11.7. The van der Waals surface area contributed by atoms with Gasteiger partial charge in [0.05, 0.1) is 5.56 Å². The smallest absolute Gasteiger partial charge is 0.407 e. The Balaban J connectivity index is 2.68. The molecule has 8 nitrogen and oxygen atoms in total. The van der Waals surface area contributed by atoms with Crippen LogP contribution in [0.2, 0.25) is 0 Å². The van der Waals surface area contributed by atoms with E-state index in [1.165, 1.54) is 0 Å². The van der Waals surface area contributed by atoms with E-state index in [4.69, 9.17) is 14.2 Å². The van der Waals surface area contributed by atoms with Crippen LogP contribution in [-0.4, -0.2) is 54.3 Å². The number of nitrogens with one attached hydrogen (secondary N) is 2. The molecule has 1 aromatic heterocycles. The molecule has 1 heterocycles. The van der Waals surface area contributed by atoms with Crippen LogP contribution in [0.4, 0.5) is 10.6 Å². The number of ether oxygens (including phenoxy) is 3. The van der Waals surface area contributed by atoms with Gasteiger partial charge in [-0.15, -0.1) is 0 Å². The molecule has 27 heavy (non-hydrogen) atoms. The lowest BCUT2D eigenvalue weighted by Crippen LogP contribution is -2.35. The van der Waals surface area contributed by atoms with E-state index >= 15 is 0 Å². The van der Waals surface area contributed by atoms with Gasteiger partial charge in [-0.05, 0) is 47.5 Å². The van der Waals surface area contributed by atoms with Gasteiger partial charge in [0.1, 0.15) is 17.2 Å². The van der Waals surface area contributed by atoms with E-state index in [0.717, 1.165) is 0 Å². The molecule has 1 rings (SSSR count). The zero-order valence-corrected chi connectivity index (χ0v) is 17.0. The predicted molar refractivity (Wildman–Crippen MR) is 103 cm³/mol. The lowest BCUT2D eigenvalue weighted by Gasteiger charge is -2.19. The summed E-state index contributed by atoms with van der Waals surface area (Å²) in [5, 5.41) is 5.84. The maximum atomic E-state index is 11.7. The molecular formula is C19H30N4O4. The second-order valence-electron chi connectivity index (χ2n) is 6.55. The highest BCUT2D eigenvalue weighted by molar-refractivity contribution is 5.67. The molecule has 0 radical (unpaired) electrons. The topological polar surface area (TPSA) is 94.6 Å². The van der Waals surface area contributed by atoms with E-state index in [1.807, 2.05) is 34.6 Å². The Morgan fingerprint density at radius 3 is 2.48 bits per heavy atom. The Kier molecular flexibility index (Phi) is 9.54. The zero-order chi connectivity index (χ0) is 20.3. The van der Waals surface area contributed by atoms with Crippen LogP contribution in [0.1, 0.15) is 46.0 Å². The van der Waals surface area contributed by atoms with Crippen LogP contribution in [0.3, 0.4) is 0 Å². The highest BCUT2D eigenvalue weighted by Crippen LogP contribution is 2.10. The summed E-state index contributed by atoms with van der Waals surface area (Å²) in [7, 11) is 0. The first-order valence-electron chi connectivity index (χ1n) is 9.04. The monoisotopic (exact) mass is 378 g/mol. The van der Waals surface area contributed by atoms with Gasteiger partial charge in [0.2, 0.25) is 6.29 Å². The molecule has 0 atom stereocenters. The molecule has 0 aliphatic rings. The van der Waals surface area contributed by atoms with Gasteiger partial charge in [-0.3, -0.25) is 0 Å². The molecule has 1 aromatic rings. The van der Waals surface area contributed by atoms with Crippen molar-refractivity contribution >= 4 is 11.9 Å². The first-order chi connectivity index (χ1) is 12.7. The molecule has 0 bridgehead atoms. The number of hydrogen-bond acceptors (Lipinski definition) is 7. The molecule has 0 aromatic carbocycles. The van der Waals surface area contributed by atoms with Gasteiger partial charge < -0.3 is 24.8 Å². The predicted octanol–water partition coefficient (Wildman–Crippen LogP) is 2.47. The van der Waals surface area contributed by atoms with Crippen molar-refractivity contribution < 1.29 is 19.0 Å². The lowest BCUT2D eigenvalue weighted by atomic mass is 10.2. The number of alkyl carbamates (subject to hydrolysis) is 1. The van der Waals surface area contributed by atoms with Gasteiger partial charge in [-0.2, -0.15) is 0 Å². The average molecular weight is 378 g/mol. The van der Waals surface area contributed by atoms with Crippen molar-refractivity contribution in [3.05, 3.63) is 17.6 Å². The number of nitrogens with zero attached hydrogens (tertiary/aromatic N) is 2. The van der Waals surface area contributed by atoms with E-state index in [-0.39, 0.29) is 0 Å². The van der Waals surface area contributed by atoms with Crippen LogP contribution in [0.15, 0.2) is 6.20 Å². The number of aryl methyl sites for hydroxylation is 1. The largest absolute Gasteiger partial charge is 0.444 e. The fourth-order valence-corrected chi connectivity index (χ4v) is 1.93. The van der Waals surface area contributed by atoms with Gasteiger partial charge in [0.25, 0.3) is 0 Å². The number of carbonyl (C=O) groups excluding carboxylic acids is 1. The number of carbonyl (C=O) groups is 1. The molecule has 0 saturated heterocycles. The van der Waals surface area contributed by atoms with Gasteiger partial charge >= 0.3 is 6.09 Å². The highest BCUT2D eigenvalue weighted by Gasteiger charge is 2.15. The fraction of sp³-hybridized carbons (Fsp3) is 0.632. The molecule has 0 spiro atoms. The minimum Gasteiger partial charge on any atom is -0.444 e. The van der Waals surface area contributed by atoms with E-state index in [0.29, 0.717) is 43.5 Å². The SMILES string of the molecule is CCOC(C#Cc1cnc(C)nc1NCCNC(=O)OC(C)(C)C)OCC. The summed E-state index contributed by atoms with van der Waals surface area (Å²) in [6.45, 7) is 12.9. The lowest BCUT2D eigenvalue weighted by molar-refractivity contribution is -0.0969. The minimum atomic E-state index is -0.594. The molecule has 1 amide bonds. The van der Waals surface area contributed by atoms with Crippen molar-refractivity contribution in [3.8, 4) is 11.8 Å². The van der Waals surface area contributed by atoms with Crippen molar-refractivity contribution in [1.82, 2.24) is 15.3 Å². The maximum Gasteiger partial charge on any atom is 0.407 e. The molecule has 2 N–H and O–H groups in total. The first-order valence-corrected chi connectivity index (χ1v) is 9.04. The number of amides is 1. The van der Waals surface area contributed by atoms with E-state index in [9.17, 15) is 4.79 Å². The average Bonchev–Trinajstić information content (AvgIpc) is 2.56. The van der Waals surface area contributed by atoms with Crippen molar-refractivity contribution in [2.75, 3.05) is 31.6 Å². The first kappa shape index (κ1) is 22.7. The Bertz CT molecular complexity index is 656. The van der Waals surface area contributed by atoms with E-state index < -0.39 is 18.0 Å². The third-order valence-corrected chi connectivity index (χ3v) is 2.96. The molecule has 150 valence electrons. The van der Waals surface area contributed by atoms with Crippen LogP contribution in [-0.2, 0) is 14.2 Å². The van der Waals surface area contributed by atoms with Crippen molar-refractivity contribution in [2.45, 2.75) is 53.4 Å². The molecule has 0 saturated carbocycles. The normalized spacial score (nSPS) is 10.9. The molecule has 0 aliphatic carbocycles. The minimum absolute atomic E-state index is 0.380. The summed E-state index contributed by atoms with van der Waals surface area (Å²) in [5.74, 6) is 7.13. The molecule has 0 unspecified atom stereocenters. The molecular weight excluding hydrogens is 348 g/mol. The number of anilines is 1. The Morgan fingerprint density at radius 1 is 1.22 bits per heavy atom. The van der Waals surface area contributed by atoms with Crippen molar-refractivity contribution in [2.24, 2.45) is 0 Å². The van der Waals surface area contributed by atoms with E-state index in [2.05, 4.69) is 32.4 Å². The summed E-state index contributed by atoms with van der Waals surface area (Å²) < 4.78 is 16.0. The van der Waals surface area contributed by atoms with Gasteiger partial charge in [0, 0.05) is 32.5 Å². The summed E-state index contributed by atoms with van der Waals surface area (Å²) in [6, 6.07) is 0. The van der Waals surface area contributed by atoms with Gasteiger partial charge in [-0.1, -0.05) is 5.92 Å². The second kappa shape index (κ2) is 11.4. The number of aromatic nitrogens is 2. The third-order valence-electron chi connectivity index (χ3n) is 2.96. The van der Waals surface area contributed by atoms with Crippen LogP contribution in [0.25, 0.3) is 0 Å². The summed E-state index contributed by atoms with van der Waals surface area (Å²) in [4.78, 5) is 20.2. The van der Waals surface area contributed by atoms with Crippen molar-refractivity contribution in [3.63, 3.8) is 0 Å². The number of hydrogen-bond donors (Lipinski definition) is 2. The third kappa shape index (κ3) is 9.78.